The number of hydrogen-bond acceptors (Lipinski definition) is 2. The molecule has 1 rings (SSSR count). The first kappa shape index (κ1) is 9.55. The van der Waals surface area contributed by atoms with Gasteiger partial charge in [-0.3, -0.25) is 10.1 Å². The second-order valence-corrected chi connectivity index (χ2v) is 1.73. The maximum absolute atomic E-state index is 12.1. The summed E-state index contributed by atoms with van der Waals surface area (Å²) in [6, 6.07) is 4.35. The number of benzene rings is 1. The Labute approximate surface area is 63.6 Å². The number of non-ortho nitro benzene ring substituents is 1. The Bertz CT molecular complexity index is 245. The Kier molecular flexibility index (Phi) is 3.17. The quantitative estimate of drug-likeness (QED) is 0.462. The molecule has 0 heterocycles. The summed E-state index contributed by atoms with van der Waals surface area (Å²) in [6.07, 6.45) is 0. The van der Waals surface area contributed by atoms with Crippen molar-refractivity contribution in [3.8, 4) is 0 Å². The summed E-state index contributed by atoms with van der Waals surface area (Å²) >= 11 is 0. The zero-order valence-corrected chi connectivity index (χ0v) is 4.95. The standard InChI is InChI=1S/C6H4FNO2.CH4/c7-5-1-3-6(4-2-5)8(9)10;/h1-4H;1H4/i7-1;. The van der Waals surface area contributed by atoms with E-state index in [1.54, 1.807) is 0 Å². The molecule has 0 spiro atoms. The van der Waals surface area contributed by atoms with Crippen molar-refractivity contribution in [1.29, 1.82) is 0 Å². The molecule has 0 atom stereocenters. The van der Waals surface area contributed by atoms with E-state index in [-0.39, 0.29) is 13.1 Å². The highest BCUT2D eigenvalue weighted by Gasteiger charge is 2.01. The maximum atomic E-state index is 12.1. The largest absolute Gasteiger partial charge is 0.269 e. The van der Waals surface area contributed by atoms with Crippen molar-refractivity contribution in [2.45, 2.75) is 7.43 Å². The van der Waals surface area contributed by atoms with Gasteiger partial charge in [0.15, 0.2) is 0 Å². The fourth-order valence-corrected chi connectivity index (χ4v) is 0.563. The van der Waals surface area contributed by atoms with Gasteiger partial charge in [-0.2, -0.15) is 0 Å². The van der Waals surface area contributed by atoms with E-state index < -0.39 is 10.7 Å². The van der Waals surface area contributed by atoms with Crippen LogP contribution in [0.5, 0.6) is 0 Å². The maximum Gasteiger partial charge on any atom is 0.269 e. The molecule has 0 aliphatic carbocycles. The van der Waals surface area contributed by atoms with Gasteiger partial charge in [0.25, 0.3) is 5.69 Å². The molecule has 1 aromatic rings. The van der Waals surface area contributed by atoms with Crippen molar-refractivity contribution >= 4 is 5.69 Å². The lowest BCUT2D eigenvalue weighted by Gasteiger charge is -1.87. The molecule has 0 unspecified atom stereocenters. The van der Waals surface area contributed by atoms with Crippen LogP contribution in [0.1, 0.15) is 7.43 Å². The molecule has 0 radical (unpaired) electrons. The van der Waals surface area contributed by atoms with E-state index in [9.17, 15) is 14.5 Å². The molecule has 60 valence electrons. The molecule has 0 bridgehead atoms. The number of nitro benzene ring substituents is 1. The third-order valence-corrected chi connectivity index (χ3v) is 1.04. The first-order valence-electron chi connectivity index (χ1n) is 2.60. The third-order valence-electron chi connectivity index (χ3n) is 1.04. The second-order valence-electron chi connectivity index (χ2n) is 1.73. The van der Waals surface area contributed by atoms with E-state index >= 15 is 0 Å². The van der Waals surface area contributed by atoms with E-state index in [2.05, 4.69) is 0 Å². The predicted molar refractivity (Wildman–Crippen MR) is 39.8 cm³/mol. The molecule has 0 aliphatic heterocycles. The molecule has 0 fully saturated rings. The Hall–Kier alpha value is -1.45. The minimum absolute atomic E-state index is 0. The van der Waals surface area contributed by atoms with Crippen molar-refractivity contribution in [1.82, 2.24) is 0 Å². The summed E-state index contributed by atoms with van der Waals surface area (Å²) in [5, 5.41) is 10.00. The van der Waals surface area contributed by atoms with Crippen molar-refractivity contribution < 1.29 is 9.31 Å². The SMILES string of the molecule is C.O=[N+]([O-])c1ccc([18F])cc1. The smallest absolute Gasteiger partial charge is 0.258 e. The first-order chi connectivity index (χ1) is 4.70. The van der Waals surface area contributed by atoms with Gasteiger partial charge in [-0.25, -0.2) is 4.39 Å². The molecule has 4 heteroatoms. The minimum atomic E-state index is -0.570. The zero-order chi connectivity index (χ0) is 7.56. The molecule has 0 saturated heterocycles. The molecule has 0 aromatic heterocycles. The molecule has 3 nitrogen and oxygen atoms in total. The highest BCUT2D eigenvalue weighted by Crippen LogP contribution is 2.09. The van der Waals surface area contributed by atoms with Crippen LogP contribution >= 0.6 is 0 Å². The summed E-state index contributed by atoms with van der Waals surface area (Å²) in [6.45, 7) is 0. The summed E-state index contributed by atoms with van der Waals surface area (Å²) in [5.74, 6) is -0.467. The fourth-order valence-electron chi connectivity index (χ4n) is 0.563. The molecule has 0 N–H and O–H groups in total. The number of halogens is 1. The van der Waals surface area contributed by atoms with E-state index in [0.29, 0.717) is 0 Å². The number of rotatable bonds is 1. The van der Waals surface area contributed by atoms with Crippen LogP contribution in [-0.2, 0) is 0 Å². The molecular formula is C7H8FNO2. The lowest BCUT2D eigenvalue weighted by molar-refractivity contribution is -0.384. The molecule has 0 aliphatic rings. The van der Waals surface area contributed by atoms with Gasteiger partial charge < -0.3 is 0 Å². The summed E-state index contributed by atoms with van der Waals surface area (Å²) in [7, 11) is 0. The van der Waals surface area contributed by atoms with Gasteiger partial charge in [-0.15, -0.1) is 0 Å². The van der Waals surface area contributed by atoms with E-state index in [0.717, 1.165) is 24.3 Å². The highest BCUT2D eigenvalue weighted by atomic mass is 18.2. The van der Waals surface area contributed by atoms with Crippen LogP contribution in [0.3, 0.4) is 0 Å². The van der Waals surface area contributed by atoms with E-state index in [1.165, 1.54) is 0 Å². The van der Waals surface area contributed by atoms with Gasteiger partial charge in [0, 0.05) is 12.1 Å². The van der Waals surface area contributed by atoms with Crippen LogP contribution < -0.4 is 0 Å². The summed E-state index contributed by atoms with van der Waals surface area (Å²) < 4.78 is 12.1. The van der Waals surface area contributed by atoms with Crippen molar-refractivity contribution in [2.24, 2.45) is 0 Å². The normalized spacial score (nSPS) is 8.45. The highest BCUT2D eigenvalue weighted by molar-refractivity contribution is 5.28. The number of nitrogens with zero attached hydrogens (tertiary/aromatic N) is 1. The van der Waals surface area contributed by atoms with Crippen molar-refractivity contribution in [2.75, 3.05) is 0 Å². The van der Waals surface area contributed by atoms with Crippen LogP contribution in [0.15, 0.2) is 24.3 Å². The Balaban J connectivity index is 0.000001000. The molecule has 11 heavy (non-hydrogen) atoms. The van der Waals surface area contributed by atoms with Gasteiger partial charge in [0.2, 0.25) is 0 Å². The lowest BCUT2D eigenvalue weighted by Crippen LogP contribution is -1.86. The molecule has 1 aromatic carbocycles. The molecule has 0 saturated carbocycles. The van der Waals surface area contributed by atoms with Crippen LogP contribution in [0, 0.1) is 15.9 Å². The van der Waals surface area contributed by atoms with Crippen LogP contribution in [0.2, 0.25) is 0 Å². The Morgan fingerprint density at radius 2 is 1.73 bits per heavy atom. The second kappa shape index (κ2) is 3.65. The van der Waals surface area contributed by atoms with Crippen molar-refractivity contribution in [3.05, 3.63) is 40.2 Å². The van der Waals surface area contributed by atoms with E-state index in [1.807, 2.05) is 0 Å². The van der Waals surface area contributed by atoms with Gasteiger partial charge in [0.1, 0.15) is 5.82 Å². The summed E-state index contributed by atoms with van der Waals surface area (Å²) in [5.41, 5.74) is -0.0959. The Morgan fingerprint density at radius 3 is 2.09 bits per heavy atom. The molecule has 0 amide bonds. The number of nitro groups is 1. The van der Waals surface area contributed by atoms with Crippen LogP contribution in [-0.4, -0.2) is 4.92 Å². The zero-order valence-electron chi connectivity index (χ0n) is 4.95. The average Bonchev–Trinajstić information content (AvgIpc) is 1.88. The average molecular weight is 156 g/mol. The topological polar surface area (TPSA) is 43.1 Å². The fraction of sp³-hybridized carbons (Fsp3) is 0.143. The number of hydrogen-bond donors (Lipinski definition) is 0. The summed E-state index contributed by atoms with van der Waals surface area (Å²) in [4.78, 5) is 9.43. The van der Waals surface area contributed by atoms with Gasteiger partial charge >= 0.3 is 0 Å². The van der Waals surface area contributed by atoms with E-state index in [4.69, 9.17) is 0 Å². The van der Waals surface area contributed by atoms with Gasteiger partial charge in [-0.05, 0) is 12.1 Å². The first-order valence-corrected chi connectivity index (χ1v) is 2.60. The van der Waals surface area contributed by atoms with Gasteiger partial charge in [-0.1, -0.05) is 7.43 Å². The lowest BCUT2D eigenvalue weighted by atomic mass is 10.3. The van der Waals surface area contributed by atoms with Gasteiger partial charge in [0.05, 0.1) is 4.92 Å². The third kappa shape index (κ3) is 2.33. The molecular weight excluding hydrogens is 148 g/mol. The minimum Gasteiger partial charge on any atom is -0.258 e. The van der Waals surface area contributed by atoms with Crippen molar-refractivity contribution in [3.63, 3.8) is 0 Å². The Morgan fingerprint density at radius 1 is 1.27 bits per heavy atom. The van der Waals surface area contributed by atoms with Crippen LogP contribution in [0.25, 0.3) is 0 Å². The predicted octanol–water partition coefficient (Wildman–Crippen LogP) is 2.37. The monoisotopic (exact) mass is 156 g/mol. The van der Waals surface area contributed by atoms with Crippen LogP contribution in [0.4, 0.5) is 10.1 Å².